The van der Waals surface area contributed by atoms with Crippen LogP contribution in [0.1, 0.15) is 105 Å². The molecule has 1 aromatic rings. The average molecular weight is 662 g/mol. The van der Waals surface area contributed by atoms with Crippen LogP contribution in [0.25, 0.3) is 0 Å². The average Bonchev–Trinajstić information content (AvgIpc) is 3.47. The maximum Gasteiger partial charge on any atom is 0.762 e. The van der Waals surface area contributed by atoms with E-state index in [1.807, 2.05) is 10.6 Å². The predicted octanol–water partition coefficient (Wildman–Crippen LogP) is 6.62. The Kier molecular flexibility index (Phi) is 21.7. The standard InChI is InChI=1S/C22H36P2.C8H12.BF3.FH.Rh/c1-5-17-13-14-18(6-2)23(17)21-11-9-10-12-22(21)24-19(7-3)15-16-20(24)8-4;1-2-4-6-8-7-5-3-1;2-1(3)4;;/h9-12,17-20H,5-8,13-16H2,1-4H3;1-2,7-8H,3-6H2;;1H;/p+1/b;2-1-,8-7-;;;/t17-,18-,19-,20-;;;;/m1..../s1. The molecule has 2 heterocycles. The van der Waals surface area contributed by atoms with Crippen LogP contribution >= 0.6 is 15.8 Å². The van der Waals surface area contributed by atoms with Gasteiger partial charge in [0.1, 0.15) is 10.6 Å². The molecule has 0 amide bonds. The van der Waals surface area contributed by atoms with Gasteiger partial charge in [-0.1, -0.05) is 64.1 Å². The minimum atomic E-state index is -3.67. The molecule has 0 aromatic heterocycles. The Labute approximate surface area is 246 Å². The Balaban J connectivity index is 0.000000818. The van der Waals surface area contributed by atoms with Crippen LogP contribution in [0.15, 0.2) is 48.6 Å². The van der Waals surface area contributed by atoms with Crippen molar-refractivity contribution in [1.29, 1.82) is 0 Å². The van der Waals surface area contributed by atoms with E-state index in [9.17, 15) is 12.9 Å². The molecule has 0 N–H and O–H groups in total. The molecule has 4 atom stereocenters. The van der Waals surface area contributed by atoms with E-state index in [0.717, 1.165) is 22.6 Å². The second-order valence-electron chi connectivity index (χ2n) is 10.4. The largest absolute Gasteiger partial charge is 1.00 e. The van der Waals surface area contributed by atoms with Crippen LogP contribution in [0.5, 0.6) is 0 Å². The van der Waals surface area contributed by atoms with E-state index in [1.165, 1.54) is 77.0 Å². The summed E-state index contributed by atoms with van der Waals surface area (Å²) < 4.78 is 29.0. The van der Waals surface area contributed by atoms with E-state index in [0.29, 0.717) is 0 Å². The third-order valence-electron chi connectivity index (χ3n) is 8.34. The molecule has 1 aliphatic carbocycles. The number of halogens is 4. The van der Waals surface area contributed by atoms with Crippen molar-refractivity contribution in [2.45, 2.75) is 127 Å². The van der Waals surface area contributed by atoms with Gasteiger partial charge in [0.05, 0.1) is 22.6 Å². The third-order valence-corrected chi connectivity index (χ3v) is 17.0. The number of hydrogen-bond acceptors (Lipinski definition) is 0. The molecule has 2 fully saturated rings. The summed E-state index contributed by atoms with van der Waals surface area (Å²) in [6.07, 6.45) is 25.7. The first kappa shape index (κ1) is 38.0. The Bertz CT molecular complexity index is 696. The molecule has 0 saturated carbocycles. The SMILES string of the molecule is C1=C\CC/C=C\CC/1.CC[C@@H]1CC[C@@H](CC)[PH+]1c1ccccc1[PH+]1[C@H](CC)CC[C@H]1CC.FB(F)F.[F-].[Rh]. The summed E-state index contributed by atoms with van der Waals surface area (Å²) in [4.78, 5) is 0. The minimum Gasteiger partial charge on any atom is -1.00 e. The van der Waals surface area contributed by atoms with Crippen LogP contribution in [-0.4, -0.2) is 30.2 Å². The van der Waals surface area contributed by atoms with E-state index >= 15 is 0 Å². The van der Waals surface area contributed by atoms with Gasteiger partial charge in [0.15, 0.2) is 0 Å². The topological polar surface area (TPSA) is 0 Å². The minimum absolute atomic E-state index is 0. The molecule has 3 aliphatic rings. The third kappa shape index (κ3) is 11.8. The summed E-state index contributed by atoms with van der Waals surface area (Å²) in [6, 6.07) is 9.87. The van der Waals surface area contributed by atoms with Crippen molar-refractivity contribution in [1.82, 2.24) is 0 Å². The number of rotatable bonds is 6. The van der Waals surface area contributed by atoms with Gasteiger partial charge in [-0.25, -0.2) is 0 Å². The molecule has 1 aromatic carbocycles. The molecule has 0 unspecified atom stereocenters. The molecule has 8 heteroatoms. The summed E-state index contributed by atoms with van der Waals surface area (Å²) >= 11 is 0. The summed E-state index contributed by atoms with van der Waals surface area (Å²) in [5, 5.41) is 3.79. The predicted molar refractivity (Wildman–Crippen MR) is 163 cm³/mol. The molecule has 219 valence electrons. The van der Waals surface area contributed by atoms with Crippen molar-refractivity contribution in [3.63, 3.8) is 0 Å². The molecule has 2 saturated heterocycles. The Morgan fingerprint density at radius 2 is 0.842 bits per heavy atom. The van der Waals surface area contributed by atoms with Crippen LogP contribution in [0.4, 0.5) is 12.9 Å². The molecule has 0 bridgehead atoms. The number of allylic oxidation sites excluding steroid dienone is 4. The van der Waals surface area contributed by atoms with Gasteiger partial charge in [-0.3, -0.25) is 12.9 Å². The van der Waals surface area contributed by atoms with E-state index in [-0.39, 0.29) is 40.0 Å². The molecule has 4 rings (SSSR count). The van der Waals surface area contributed by atoms with Gasteiger partial charge in [0, 0.05) is 35.3 Å². The smallest absolute Gasteiger partial charge is 0.762 e. The molecule has 2 aliphatic heterocycles. The number of hydrogen-bond donors (Lipinski definition) is 0. The van der Waals surface area contributed by atoms with Gasteiger partial charge in [0.25, 0.3) is 0 Å². The normalized spacial score (nSPS) is 26.7. The maximum absolute atomic E-state index is 9.67. The van der Waals surface area contributed by atoms with Gasteiger partial charge in [0.2, 0.25) is 0 Å². The molecule has 0 spiro atoms. The zero-order valence-electron chi connectivity index (χ0n) is 23.8. The van der Waals surface area contributed by atoms with E-state index in [2.05, 4.69) is 76.3 Å². The van der Waals surface area contributed by atoms with Gasteiger partial charge in [-0.15, -0.1) is 0 Å². The second-order valence-corrected chi connectivity index (χ2v) is 16.5. The van der Waals surface area contributed by atoms with Crippen LogP contribution in [-0.2, 0) is 19.5 Å². The van der Waals surface area contributed by atoms with Crippen LogP contribution < -0.4 is 15.3 Å². The molecule has 0 nitrogen and oxygen atoms in total. The molecule has 1 radical (unpaired) electrons. The van der Waals surface area contributed by atoms with Gasteiger partial charge in [-0.05, 0) is 89.2 Å². The number of benzene rings is 1. The fourth-order valence-corrected chi connectivity index (χ4v) is 15.5. The summed E-state index contributed by atoms with van der Waals surface area (Å²) in [7, 11) is -4.41. The maximum atomic E-state index is 9.67. The Morgan fingerprint density at radius 1 is 0.605 bits per heavy atom. The second kappa shape index (κ2) is 21.7. The van der Waals surface area contributed by atoms with Crippen molar-refractivity contribution < 1.29 is 37.1 Å². The Morgan fingerprint density at radius 3 is 1.05 bits per heavy atom. The Hall–Kier alpha value is -0.0317. The van der Waals surface area contributed by atoms with Crippen LogP contribution in [0, 0.1) is 0 Å². The van der Waals surface area contributed by atoms with Gasteiger partial charge < -0.3 is 4.70 Å². The first-order chi connectivity index (χ1) is 17.5. The monoisotopic (exact) mass is 662 g/mol. The van der Waals surface area contributed by atoms with Gasteiger partial charge >= 0.3 is 7.54 Å². The summed E-state index contributed by atoms with van der Waals surface area (Å²) in [6.45, 7) is 9.79. The van der Waals surface area contributed by atoms with Crippen molar-refractivity contribution >= 4 is 34.0 Å². The van der Waals surface area contributed by atoms with E-state index < -0.39 is 7.54 Å². The molecular formula is C30H50BF4P2Rh+. The summed E-state index contributed by atoms with van der Waals surface area (Å²) in [5.74, 6) is 0. The fraction of sp³-hybridized carbons (Fsp3) is 0.667. The first-order valence-electron chi connectivity index (χ1n) is 14.5. The molecule has 38 heavy (non-hydrogen) atoms. The fourth-order valence-electron chi connectivity index (χ4n) is 6.51. The van der Waals surface area contributed by atoms with Crippen molar-refractivity contribution in [3.8, 4) is 0 Å². The van der Waals surface area contributed by atoms with Crippen LogP contribution in [0.3, 0.4) is 0 Å². The molecular weight excluding hydrogens is 612 g/mol. The quantitative estimate of drug-likeness (QED) is 0.139. The van der Waals surface area contributed by atoms with Gasteiger partial charge in [-0.2, -0.15) is 0 Å². The zero-order valence-corrected chi connectivity index (χ0v) is 27.5. The van der Waals surface area contributed by atoms with Crippen molar-refractivity contribution in [2.75, 3.05) is 0 Å². The van der Waals surface area contributed by atoms with E-state index in [1.54, 1.807) is 0 Å². The first-order valence-corrected chi connectivity index (χ1v) is 17.8. The summed E-state index contributed by atoms with van der Waals surface area (Å²) in [5.41, 5.74) is 4.13. The van der Waals surface area contributed by atoms with E-state index in [4.69, 9.17) is 0 Å². The van der Waals surface area contributed by atoms with Crippen molar-refractivity contribution in [2.24, 2.45) is 0 Å². The zero-order chi connectivity index (χ0) is 26.3. The van der Waals surface area contributed by atoms with Crippen molar-refractivity contribution in [3.05, 3.63) is 48.6 Å². The van der Waals surface area contributed by atoms with Crippen LogP contribution in [0.2, 0.25) is 0 Å².